The van der Waals surface area contributed by atoms with Gasteiger partial charge in [-0.1, -0.05) is 0 Å². The molecule has 1 heterocycles. The summed E-state index contributed by atoms with van der Waals surface area (Å²) in [4.78, 5) is 34.2. The van der Waals surface area contributed by atoms with Crippen LogP contribution in [0.4, 0.5) is 14.6 Å². The standard InChI is InChI=1S/C11H13N3O4S/c15-8(11(4-2-5-11)14-10(17)18)13-9(16)12-7-3-1-6-19-7/h1,3,6,14H,2,4-5H2,(H,17,18)(H2,12,13,15,16). The van der Waals surface area contributed by atoms with E-state index in [4.69, 9.17) is 5.11 Å². The van der Waals surface area contributed by atoms with Gasteiger partial charge in [-0.3, -0.25) is 15.4 Å². The zero-order valence-electron chi connectivity index (χ0n) is 9.93. The van der Waals surface area contributed by atoms with Gasteiger partial charge >= 0.3 is 12.1 Å². The van der Waals surface area contributed by atoms with Crippen molar-refractivity contribution in [2.75, 3.05) is 5.32 Å². The number of anilines is 1. The summed E-state index contributed by atoms with van der Waals surface area (Å²) in [5.74, 6) is -0.616. The average Bonchev–Trinajstić information content (AvgIpc) is 2.75. The van der Waals surface area contributed by atoms with Gasteiger partial charge in [-0.05, 0) is 36.8 Å². The topological polar surface area (TPSA) is 108 Å². The number of hydrogen-bond acceptors (Lipinski definition) is 4. The van der Waals surface area contributed by atoms with Gasteiger partial charge < -0.3 is 10.4 Å². The molecule has 2 rings (SSSR count). The summed E-state index contributed by atoms with van der Waals surface area (Å²) in [6, 6.07) is 2.80. The molecular weight excluding hydrogens is 270 g/mol. The molecule has 0 aromatic carbocycles. The van der Waals surface area contributed by atoms with E-state index in [0.29, 0.717) is 17.8 Å². The molecule has 0 saturated heterocycles. The number of amides is 4. The highest BCUT2D eigenvalue weighted by Gasteiger charge is 2.46. The van der Waals surface area contributed by atoms with Crippen molar-refractivity contribution >= 4 is 34.4 Å². The number of thiophene rings is 1. The molecule has 0 radical (unpaired) electrons. The van der Waals surface area contributed by atoms with E-state index in [1.807, 2.05) is 0 Å². The molecule has 102 valence electrons. The van der Waals surface area contributed by atoms with Crippen LogP contribution < -0.4 is 16.0 Å². The third-order valence-electron chi connectivity index (χ3n) is 2.97. The second-order valence-electron chi connectivity index (χ2n) is 4.25. The smallest absolute Gasteiger partial charge is 0.405 e. The lowest BCUT2D eigenvalue weighted by Crippen LogP contribution is -2.63. The van der Waals surface area contributed by atoms with Gasteiger partial charge in [0.25, 0.3) is 5.91 Å². The van der Waals surface area contributed by atoms with Crippen molar-refractivity contribution in [3.63, 3.8) is 0 Å². The maximum absolute atomic E-state index is 11.9. The van der Waals surface area contributed by atoms with Crippen LogP contribution in [0.2, 0.25) is 0 Å². The Morgan fingerprint density at radius 2 is 2.05 bits per heavy atom. The molecule has 0 spiro atoms. The first kappa shape index (κ1) is 13.3. The van der Waals surface area contributed by atoms with Gasteiger partial charge in [0.05, 0.1) is 5.00 Å². The van der Waals surface area contributed by atoms with Gasteiger partial charge in [-0.15, -0.1) is 11.3 Å². The number of imide groups is 1. The van der Waals surface area contributed by atoms with Crippen LogP contribution in [0, 0.1) is 0 Å². The average molecular weight is 283 g/mol. The summed E-state index contributed by atoms with van der Waals surface area (Å²) >= 11 is 1.32. The Balaban J connectivity index is 1.92. The minimum atomic E-state index is -1.27. The lowest BCUT2D eigenvalue weighted by atomic mass is 9.76. The molecule has 1 fully saturated rings. The van der Waals surface area contributed by atoms with Crippen molar-refractivity contribution in [1.29, 1.82) is 0 Å². The van der Waals surface area contributed by atoms with Crippen molar-refractivity contribution in [3.05, 3.63) is 17.5 Å². The second kappa shape index (κ2) is 5.27. The highest BCUT2D eigenvalue weighted by Crippen LogP contribution is 2.32. The molecule has 0 atom stereocenters. The molecule has 1 aliphatic carbocycles. The molecule has 0 unspecified atom stereocenters. The zero-order valence-corrected chi connectivity index (χ0v) is 10.8. The van der Waals surface area contributed by atoms with Gasteiger partial charge in [0.2, 0.25) is 0 Å². The molecule has 1 saturated carbocycles. The highest BCUT2D eigenvalue weighted by atomic mass is 32.1. The van der Waals surface area contributed by atoms with E-state index in [1.54, 1.807) is 17.5 Å². The molecule has 0 aliphatic heterocycles. The molecular formula is C11H13N3O4S. The molecule has 19 heavy (non-hydrogen) atoms. The van der Waals surface area contributed by atoms with Crippen molar-refractivity contribution in [1.82, 2.24) is 10.6 Å². The fourth-order valence-corrected chi connectivity index (χ4v) is 2.47. The number of nitrogens with one attached hydrogen (secondary N) is 3. The number of carbonyl (C=O) groups is 3. The third-order valence-corrected chi connectivity index (χ3v) is 3.76. The Labute approximate surface area is 113 Å². The van der Waals surface area contributed by atoms with E-state index in [-0.39, 0.29) is 0 Å². The van der Waals surface area contributed by atoms with Crippen LogP contribution in [-0.4, -0.2) is 28.7 Å². The minimum absolute atomic E-state index is 0.400. The van der Waals surface area contributed by atoms with Gasteiger partial charge in [-0.2, -0.15) is 0 Å². The second-order valence-corrected chi connectivity index (χ2v) is 5.20. The van der Waals surface area contributed by atoms with Gasteiger partial charge in [0.15, 0.2) is 0 Å². The van der Waals surface area contributed by atoms with Crippen LogP contribution in [-0.2, 0) is 4.79 Å². The molecule has 0 bridgehead atoms. The summed E-state index contributed by atoms with van der Waals surface area (Å²) in [5, 5.41) is 18.0. The summed E-state index contributed by atoms with van der Waals surface area (Å²) < 4.78 is 0. The maximum Gasteiger partial charge on any atom is 0.405 e. The Morgan fingerprint density at radius 3 is 2.53 bits per heavy atom. The first-order valence-electron chi connectivity index (χ1n) is 5.69. The normalized spacial score (nSPS) is 16.0. The SMILES string of the molecule is O=C(O)NC1(C(=O)NC(=O)Nc2cccs2)CCC1. The van der Waals surface area contributed by atoms with E-state index in [2.05, 4.69) is 16.0 Å². The number of urea groups is 1. The summed E-state index contributed by atoms with van der Waals surface area (Å²) in [7, 11) is 0. The van der Waals surface area contributed by atoms with Gasteiger partial charge in [0, 0.05) is 0 Å². The van der Waals surface area contributed by atoms with Crippen molar-refractivity contribution < 1.29 is 19.5 Å². The largest absolute Gasteiger partial charge is 0.465 e. The van der Waals surface area contributed by atoms with Crippen LogP contribution >= 0.6 is 11.3 Å². The van der Waals surface area contributed by atoms with Gasteiger partial charge in [0.1, 0.15) is 5.54 Å². The van der Waals surface area contributed by atoms with Crippen LogP contribution in [0.1, 0.15) is 19.3 Å². The summed E-state index contributed by atoms with van der Waals surface area (Å²) in [6.07, 6.45) is 0.281. The number of hydrogen-bond donors (Lipinski definition) is 4. The van der Waals surface area contributed by atoms with Gasteiger partial charge in [-0.25, -0.2) is 9.59 Å². The maximum atomic E-state index is 11.9. The summed E-state index contributed by atoms with van der Waals surface area (Å²) in [6.45, 7) is 0. The van der Waals surface area contributed by atoms with Crippen molar-refractivity contribution in [3.8, 4) is 0 Å². The Morgan fingerprint density at radius 1 is 1.32 bits per heavy atom. The number of carboxylic acid groups (broad SMARTS) is 1. The highest BCUT2D eigenvalue weighted by molar-refractivity contribution is 7.14. The lowest BCUT2D eigenvalue weighted by molar-refractivity contribution is -0.129. The molecule has 1 aromatic heterocycles. The fourth-order valence-electron chi connectivity index (χ4n) is 1.86. The van der Waals surface area contributed by atoms with E-state index >= 15 is 0 Å². The van der Waals surface area contributed by atoms with Crippen LogP contribution in [0.15, 0.2) is 17.5 Å². The number of rotatable bonds is 3. The molecule has 8 heteroatoms. The third kappa shape index (κ3) is 3.02. The monoisotopic (exact) mass is 283 g/mol. The minimum Gasteiger partial charge on any atom is -0.465 e. The van der Waals surface area contributed by atoms with Crippen LogP contribution in [0.25, 0.3) is 0 Å². The Kier molecular flexibility index (Phi) is 3.70. The molecule has 4 N–H and O–H groups in total. The van der Waals surface area contributed by atoms with Crippen molar-refractivity contribution in [2.45, 2.75) is 24.8 Å². The predicted molar refractivity (Wildman–Crippen MR) is 69.2 cm³/mol. The fraction of sp³-hybridized carbons (Fsp3) is 0.364. The lowest BCUT2D eigenvalue weighted by Gasteiger charge is -2.39. The van der Waals surface area contributed by atoms with E-state index < -0.39 is 23.6 Å². The first-order valence-corrected chi connectivity index (χ1v) is 6.57. The Bertz CT molecular complexity index is 496. The van der Waals surface area contributed by atoms with Crippen LogP contribution in [0.5, 0.6) is 0 Å². The predicted octanol–water partition coefficient (Wildman–Crippen LogP) is 1.59. The Hall–Kier alpha value is -2.09. The molecule has 7 nitrogen and oxygen atoms in total. The van der Waals surface area contributed by atoms with Crippen LogP contribution in [0.3, 0.4) is 0 Å². The van der Waals surface area contributed by atoms with E-state index in [9.17, 15) is 14.4 Å². The van der Waals surface area contributed by atoms with E-state index in [0.717, 1.165) is 6.42 Å². The molecule has 4 amide bonds. The number of carbonyl (C=O) groups excluding carboxylic acids is 2. The summed E-state index contributed by atoms with van der Waals surface area (Å²) in [5.41, 5.74) is -1.17. The zero-order chi connectivity index (χ0) is 13.9. The molecule has 1 aromatic rings. The van der Waals surface area contributed by atoms with Crippen molar-refractivity contribution in [2.24, 2.45) is 0 Å². The first-order chi connectivity index (χ1) is 9.02. The quantitative estimate of drug-likeness (QED) is 0.675. The van der Waals surface area contributed by atoms with E-state index in [1.165, 1.54) is 11.3 Å². The molecule has 1 aliphatic rings.